The first-order valence-corrected chi connectivity index (χ1v) is 5.59. The van der Waals surface area contributed by atoms with Crippen molar-refractivity contribution in [3.8, 4) is 11.8 Å². The molecule has 1 aromatic rings. The Bertz CT molecular complexity index is 343. The summed E-state index contributed by atoms with van der Waals surface area (Å²) in [7, 11) is 4.06. The zero-order valence-corrected chi connectivity index (χ0v) is 10.0. The van der Waals surface area contributed by atoms with E-state index in [9.17, 15) is 0 Å². The molecular formula is C13H16ClN. The van der Waals surface area contributed by atoms with Crippen LogP contribution >= 0.6 is 11.6 Å². The van der Waals surface area contributed by atoms with Gasteiger partial charge in [0.15, 0.2) is 0 Å². The monoisotopic (exact) mass is 221 g/mol. The third-order valence-electron chi connectivity index (χ3n) is 2.05. The molecule has 0 heterocycles. The Morgan fingerprint density at radius 3 is 2.40 bits per heavy atom. The number of hydrogen-bond acceptors (Lipinski definition) is 1. The highest BCUT2D eigenvalue weighted by molar-refractivity contribution is 6.17. The van der Waals surface area contributed by atoms with Crippen LogP contribution in [0, 0.1) is 11.8 Å². The summed E-state index contributed by atoms with van der Waals surface area (Å²) in [5.74, 6) is 6.91. The summed E-state index contributed by atoms with van der Waals surface area (Å²) in [6, 6.07) is 8.24. The van der Waals surface area contributed by atoms with E-state index in [1.54, 1.807) is 0 Å². The third-order valence-corrected chi connectivity index (χ3v) is 2.32. The molecule has 0 spiro atoms. The number of rotatable bonds is 3. The van der Waals surface area contributed by atoms with Crippen molar-refractivity contribution in [3.05, 3.63) is 29.8 Å². The Morgan fingerprint density at radius 2 is 1.87 bits per heavy atom. The van der Waals surface area contributed by atoms with Crippen LogP contribution in [0.15, 0.2) is 24.3 Å². The second-order valence-corrected chi connectivity index (χ2v) is 3.91. The lowest BCUT2D eigenvalue weighted by atomic mass is 10.2. The minimum Gasteiger partial charge on any atom is -0.378 e. The van der Waals surface area contributed by atoms with Crippen LogP contribution < -0.4 is 4.90 Å². The van der Waals surface area contributed by atoms with Crippen LogP contribution in [0.1, 0.15) is 18.4 Å². The van der Waals surface area contributed by atoms with Gasteiger partial charge >= 0.3 is 0 Å². The summed E-state index contributed by atoms with van der Waals surface area (Å²) < 4.78 is 0. The quantitative estimate of drug-likeness (QED) is 0.431. The molecule has 1 aromatic carbocycles. The summed E-state index contributed by atoms with van der Waals surface area (Å²) in [6.45, 7) is 0. The predicted octanol–water partition coefficient (Wildman–Crippen LogP) is 3.12. The zero-order valence-electron chi connectivity index (χ0n) is 9.26. The molecule has 0 saturated heterocycles. The summed E-state index contributed by atoms with van der Waals surface area (Å²) in [5.41, 5.74) is 2.26. The van der Waals surface area contributed by atoms with E-state index in [0.717, 1.165) is 18.4 Å². The van der Waals surface area contributed by atoms with Gasteiger partial charge in [-0.1, -0.05) is 11.8 Å². The number of benzene rings is 1. The molecule has 0 atom stereocenters. The fourth-order valence-corrected chi connectivity index (χ4v) is 1.30. The van der Waals surface area contributed by atoms with E-state index >= 15 is 0 Å². The van der Waals surface area contributed by atoms with Crippen LogP contribution in [0.4, 0.5) is 5.69 Å². The van der Waals surface area contributed by atoms with Gasteiger partial charge in [-0.05, 0) is 30.7 Å². The summed E-state index contributed by atoms with van der Waals surface area (Å²) in [6.07, 6.45) is 1.84. The highest BCUT2D eigenvalue weighted by Crippen LogP contribution is 2.11. The highest BCUT2D eigenvalue weighted by Gasteiger charge is 1.92. The van der Waals surface area contributed by atoms with Crippen LogP contribution in [0.3, 0.4) is 0 Å². The Labute approximate surface area is 97.0 Å². The van der Waals surface area contributed by atoms with Crippen LogP contribution in [0.25, 0.3) is 0 Å². The van der Waals surface area contributed by atoms with Crippen molar-refractivity contribution < 1.29 is 0 Å². The van der Waals surface area contributed by atoms with Gasteiger partial charge in [0.1, 0.15) is 0 Å². The van der Waals surface area contributed by atoms with Gasteiger partial charge in [0, 0.05) is 37.6 Å². The average Bonchev–Trinajstić information content (AvgIpc) is 2.25. The van der Waals surface area contributed by atoms with Gasteiger partial charge in [-0.25, -0.2) is 0 Å². The number of anilines is 1. The molecule has 0 saturated carbocycles. The summed E-state index contributed by atoms with van der Waals surface area (Å²) in [5, 5.41) is 0. The second-order valence-electron chi connectivity index (χ2n) is 3.54. The van der Waals surface area contributed by atoms with Crippen LogP contribution in [-0.4, -0.2) is 20.0 Å². The smallest absolute Gasteiger partial charge is 0.0361 e. The molecule has 80 valence electrons. The van der Waals surface area contributed by atoms with Crippen LogP contribution in [-0.2, 0) is 0 Å². The van der Waals surface area contributed by atoms with Crippen molar-refractivity contribution in [2.45, 2.75) is 12.8 Å². The Balaban J connectivity index is 2.59. The summed E-state index contributed by atoms with van der Waals surface area (Å²) in [4.78, 5) is 2.07. The lowest BCUT2D eigenvalue weighted by Crippen LogP contribution is -2.07. The maximum absolute atomic E-state index is 5.57. The number of unbranched alkanes of at least 4 members (excludes halogenated alkanes) is 1. The van der Waals surface area contributed by atoms with Gasteiger partial charge in [-0.2, -0.15) is 0 Å². The number of halogens is 1. The van der Waals surface area contributed by atoms with E-state index in [2.05, 4.69) is 28.9 Å². The molecule has 0 amide bonds. The van der Waals surface area contributed by atoms with Gasteiger partial charge in [0.05, 0.1) is 0 Å². The predicted molar refractivity (Wildman–Crippen MR) is 67.6 cm³/mol. The minimum atomic E-state index is 0.689. The fourth-order valence-electron chi connectivity index (χ4n) is 1.16. The molecule has 0 unspecified atom stereocenters. The molecule has 0 radical (unpaired) electrons. The number of hydrogen-bond donors (Lipinski definition) is 0. The topological polar surface area (TPSA) is 3.24 Å². The molecule has 2 heteroatoms. The summed E-state index contributed by atoms with van der Waals surface area (Å²) >= 11 is 5.57. The van der Waals surface area contributed by atoms with Crippen molar-refractivity contribution in [3.63, 3.8) is 0 Å². The first-order chi connectivity index (χ1) is 7.24. The van der Waals surface area contributed by atoms with Gasteiger partial charge in [0.25, 0.3) is 0 Å². The second kappa shape index (κ2) is 6.37. The van der Waals surface area contributed by atoms with E-state index in [1.807, 2.05) is 26.2 Å². The molecule has 0 N–H and O–H groups in total. The van der Waals surface area contributed by atoms with Gasteiger partial charge in [-0.3, -0.25) is 0 Å². The third kappa shape index (κ3) is 4.27. The van der Waals surface area contributed by atoms with Crippen molar-refractivity contribution in [1.82, 2.24) is 0 Å². The lowest BCUT2D eigenvalue weighted by molar-refractivity contribution is 0.991. The molecular weight excluding hydrogens is 206 g/mol. The molecule has 0 aromatic heterocycles. The van der Waals surface area contributed by atoms with Crippen molar-refractivity contribution in [2.24, 2.45) is 0 Å². The Kier molecular flexibility index (Phi) is 5.07. The minimum absolute atomic E-state index is 0.689. The molecule has 1 nitrogen and oxygen atoms in total. The van der Waals surface area contributed by atoms with E-state index in [4.69, 9.17) is 11.6 Å². The van der Waals surface area contributed by atoms with Crippen molar-refractivity contribution >= 4 is 17.3 Å². The Morgan fingerprint density at radius 1 is 1.20 bits per heavy atom. The van der Waals surface area contributed by atoms with Gasteiger partial charge < -0.3 is 4.90 Å². The largest absolute Gasteiger partial charge is 0.378 e. The molecule has 0 aliphatic carbocycles. The van der Waals surface area contributed by atoms with E-state index in [0.29, 0.717) is 5.88 Å². The van der Waals surface area contributed by atoms with Gasteiger partial charge in [0.2, 0.25) is 0 Å². The Hall–Kier alpha value is -1.13. The molecule has 15 heavy (non-hydrogen) atoms. The number of nitrogens with zero attached hydrogens (tertiary/aromatic N) is 1. The van der Waals surface area contributed by atoms with Crippen LogP contribution in [0.2, 0.25) is 0 Å². The van der Waals surface area contributed by atoms with E-state index < -0.39 is 0 Å². The lowest BCUT2D eigenvalue weighted by Gasteiger charge is -2.11. The van der Waals surface area contributed by atoms with Crippen molar-refractivity contribution in [2.75, 3.05) is 24.9 Å². The highest BCUT2D eigenvalue weighted by atomic mass is 35.5. The van der Waals surface area contributed by atoms with E-state index in [1.165, 1.54) is 5.69 Å². The maximum Gasteiger partial charge on any atom is 0.0361 e. The van der Waals surface area contributed by atoms with Crippen molar-refractivity contribution in [1.29, 1.82) is 0 Å². The van der Waals surface area contributed by atoms with Crippen LogP contribution in [0.5, 0.6) is 0 Å². The molecule has 1 rings (SSSR count). The molecule has 0 bridgehead atoms. The average molecular weight is 222 g/mol. The molecule has 0 aliphatic heterocycles. The van der Waals surface area contributed by atoms with E-state index in [-0.39, 0.29) is 0 Å². The first-order valence-electron chi connectivity index (χ1n) is 5.06. The zero-order chi connectivity index (χ0) is 11.1. The SMILES string of the molecule is CN(C)c1ccc(C#CCCCCl)cc1. The standard InChI is InChI=1S/C13H16ClN/c1-15(2)13-9-7-12(8-10-13)6-4-3-5-11-14/h7-10H,3,5,11H2,1-2H3. The van der Waals surface area contributed by atoms with Gasteiger partial charge in [-0.15, -0.1) is 11.6 Å². The first kappa shape index (κ1) is 11.9. The number of alkyl halides is 1. The molecule has 0 fully saturated rings. The molecule has 0 aliphatic rings. The maximum atomic E-state index is 5.57. The fraction of sp³-hybridized carbons (Fsp3) is 0.385. The normalized spacial score (nSPS) is 9.27.